The number of thioether (sulfide) groups is 1. The molecule has 14 N–H and O–H groups in total. The third-order valence-corrected chi connectivity index (χ3v) is 6.67. The second-order valence-corrected chi connectivity index (χ2v) is 9.77. The topological polar surface area (TPSA) is 303 Å². The van der Waals surface area contributed by atoms with Gasteiger partial charge in [0.2, 0.25) is 17.5 Å². The molecular weight excluding hydrogens is 538 g/mol. The Morgan fingerprint density at radius 2 is 1.64 bits per heavy atom. The van der Waals surface area contributed by atoms with Crippen molar-refractivity contribution in [2.75, 3.05) is 18.6 Å². The molecule has 218 valence electrons. The van der Waals surface area contributed by atoms with E-state index in [4.69, 9.17) is 22.9 Å². The third kappa shape index (κ3) is 8.77. The molecule has 0 radical (unpaired) electrons. The van der Waals surface area contributed by atoms with Gasteiger partial charge < -0.3 is 48.1 Å². The molecule has 0 heterocycles. The molecule has 0 saturated carbocycles. The molecule has 1 aromatic rings. The summed E-state index contributed by atoms with van der Waals surface area (Å²) >= 11 is 1.22. The molecular formula is C23H35N5O10S. The number of aliphatic hydroxyl groups is 4. The van der Waals surface area contributed by atoms with Crippen LogP contribution in [0.4, 0.5) is 0 Å². The van der Waals surface area contributed by atoms with Gasteiger partial charge in [0.05, 0.1) is 43.1 Å². The highest BCUT2D eigenvalue weighted by Crippen LogP contribution is 2.28. The molecule has 0 aromatic heterocycles. The first kappa shape index (κ1) is 34.1. The lowest BCUT2D eigenvalue weighted by molar-refractivity contribution is -0.172. The van der Waals surface area contributed by atoms with Crippen molar-refractivity contribution in [2.24, 2.45) is 28.9 Å². The van der Waals surface area contributed by atoms with E-state index in [2.05, 4.69) is 5.32 Å². The summed E-state index contributed by atoms with van der Waals surface area (Å²) in [4.78, 5) is 61.8. The van der Waals surface area contributed by atoms with Crippen molar-refractivity contribution >= 4 is 41.1 Å². The summed E-state index contributed by atoms with van der Waals surface area (Å²) in [5.41, 5.74) is 18.8. The van der Waals surface area contributed by atoms with E-state index in [1.807, 2.05) is 0 Å². The number of aliphatic carboxylic acids is 1. The van der Waals surface area contributed by atoms with Gasteiger partial charge in [0, 0.05) is 5.75 Å². The lowest BCUT2D eigenvalue weighted by Crippen LogP contribution is -2.66. The summed E-state index contributed by atoms with van der Waals surface area (Å²) in [6.45, 7) is -1.19. The second-order valence-electron chi connectivity index (χ2n) is 8.86. The molecule has 0 aliphatic carbocycles. The van der Waals surface area contributed by atoms with Crippen molar-refractivity contribution in [2.45, 2.75) is 48.4 Å². The smallest absolute Gasteiger partial charge is 0.321 e. The molecule has 0 saturated heterocycles. The van der Waals surface area contributed by atoms with Crippen LogP contribution in [-0.4, -0.2) is 110 Å². The van der Waals surface area contributed by atoms with Crippen LogP contribution < -0.4 is 28.3 Å². The van der Waals surface area contributed by atoms with Gasteiger partial charge in [-0.1, -0.05) is 30.3 Å². The highest BCUT2D eigenvalue weighted by molar-refractivity contribution is 7.98. The lowest BCUT2D eigenvalue weighted by Gasteiger charge is -2.36. The van der Waals surface area contributed by atoms with E-state index in [0.29, 0.717) is 0 Å². The van der Waals surface area contributed by atoms with Gasteiger partial charge in [0.1, 0.15) is 12.1 Å². The molecule has 15 nitrogen and oxygen atoms in total. The SMILES string of the molecule is CSC[C@@H](N)C(=O)N[C@@H](CC(N)=O)C(=O)[C@@H](CO)[C@@H](O)[C@@H](O)C(N)(O)C(=O)C(c1ccccc1)[C@H](N)C(=O)O. The van der Waals surface area contributed by atoms with Crippen LogP contribution in [0.3, 0.4) is 0 Å². The Morgan fingerprint density at radius 3 is 2.10 bits per heavy atom. The van der Waals surface area contributed by atoms with Crippen LogP contribution in [0.2, 0.25) is 0 Å². The number of carbonyl (C=O) groups is 5. The third-order valence-electron chi connectivity index (χ3n) is 5.98. The van der Waals surface area contributed by atoms with Gasteiger partial charge >= 0.3 is 5.97 Å². The van der Waals surface area contributed by atoms with E-state index in [1.54, 1.807) is 12.3 Å². The van der Waals surface area contributed by atoms with E-state index in [9.17, 15) is 49.5 Å². The average Bonchev–Trinajstić information content (AvgIpc) is 2.88. The molecule has 2 amide bonds. The van der Waals surface area contributed by atoms with E-state index < -0.39 is 90.3 Å². The number of Topliss-reactive ketones (excluding diaryl/α,β-unsaturated/α-hetero) is 2. The minimum absolute atomic E-state index is 0.0172. The number of hydrogen-bond acceptors (Lipinski definition) is 13. The molecule has 0 fully saturated rings. The largest absolute Gasteiger partial charge is 0.480 e. The number of aliphatic hydroxyl groups excluding tert-OH is 3. The van der Waals surface area contributed by atoms with Crippen molar-refractivity contribution in [3.8, 4) is 0 Å². The quantitative estimate of drug-likeness (QED) is 0.0784. The van der Waals surface area contributed by atoms with Crippen LogP contribution >= 0.6 is 11.8 Å². The Balaban J connectivity index is 3.32. The van der Waals surface area contributed by atoms with Crippen LogP contribution in [0.25, 0.3) is 0 Å². The number of primary amides is 1. The molecule has 0 aliphatic heterocycles. The fraction of sp³-hybridized carbons (Fsp3) is 0.522. The normalized spacial score (nSPS) is 18.4. The molecule has 2 unspecified atom stereocenters. The zero-order valence-electron chi connectivity index (χ0n) is 21.0. The standard InChI is InChI=1S/C23H35N5O10S/c1-39-9-12(24)21(35)28-13(7-14(25)30)17(31)11(8-29)18(32)20(34)23(27,38)19(33)15(16(26)22(36)37)10-5-3-2-4-6-10/h2-6,11-13,15-16,18,20,29,32,34,38H,7-9,24,26-27H2,1H3,(H2,25,30)(H,28,35)(H,36,37)/t11-,12-,13+,15?,16+,18-,20-,23?/m1/s1. The van der Waals surface area contributed by atoms with E-state index in [-0.39, 0.29) is 11.3 Å². The van der Waals surface area contributed by atoms with Crippen molar-refractivity contribution in [1.29, 1.82) is 0 Å². The predicted octanol–water partition coefficient (Wildman–Crippen LogP) is -4.65. The van der Waals surface area contributed by atoms with Crippen LogP contribution in [0.5, 0.6) is 0 Å². The molecule has 1 rings (SSSR count). The highest BCUT2D eigenvalue weighted by atomic mass is 32.2. The highest BCUT2D eigenvalue weighted by Gasteiger charge is 2.51. The summed E-state index contributed by atoms with van der Waals surface area (Å²) < 4.78 is 0. The van der Waals surface area contributed by atoms with Crippen LogP contribution in [0.1, 0.15) is 17.9 Å². The van der Waals surface area contributed by atoms with Crippen molar-refractivity contribution in [3.63, 3.8) is 0 Å². The van der Waals surface area contributed by atoms with Crippen LogP contribution in [0.15, 0.2) is 30.3 Å². The Labute approximate surface area is 227 Å². The Bertz CT molecular complexity index is 1030. The van der Waals surface area contributed by atoms with Gasteiger partial charge in [0.25, 0.3) is 0 Å². The maximum Gasteiger partial charge on any atom is 0.321 e. The number of carboxylic acids is 1. The molecule has 1 aromatic carbocycles. The summed E-state index contributed by atoms with van der Waals surface area (Å²) in [5.74, 6) is -9.90. The second kappa shape index (κ2) is 15.0. The number of rotatable bonds is 17. The van der Waals surface area contributed by atoms with Gasteiger partial charge in [-0.25, -0.2) is 0 Å². The van der Waals surface area contributed by atoms with E-state index in [1.165, 1.54) is 36.0 Å². The number of carboxylic acid groups (broad SMARTS) is 1. The van der Waals surface area contributed by atoms with Gasteiger partial charge in [-0.3, -0.25) is 29.7 Å². The monoisotopic (exact) mass is 573 g/mol. The molecule has 0 spiro atoms. The molecule has 0 aliphatic rings. The minimum atomic E-state index is -3.39. The van der Waals surface area contributed by atoms with Crippen LogP contribution in [-0.2, 0) is 24.0 Å². The van der Waals surface area contributed by atoms with E-state index >= 15 is 0 Å². The molecule has 16 heteroatoms. The van der Waals surface area contributed by atoms with Gasteiger partial charge in [-0.15, -0.1) is 0 Å². The first-order chi connectivity index (χ1) is 18.1. The number of nitrogens with one attached hydrogen (secondary N) is 1. The van der Waals surface area contributed by atoms with E-state index in [0.717, 1.165) is 0 Å². The molecule has 39 heavy (non-hydrogen) atoms. The zero-order valence-corrected chi connectivity index (χ0v) is 21.9. The zero-order chi connectivity index (χ0) is 30.1. The number of nitrogens with two attached hydrogens (primary N) is 4. The van der Waals surface area contributed by atoms with Gasteiger partial charge in [-0.05, 0) is 11.8 Å². The Hall–Kier alpha value is -2.96. The first-order valence-corrected chi connectivity index (χ1v) is 12.9. The average molecular weight is 574 g/mol. The number of carbonyl (C=O) groups excluding carboxylic acids is 4. The Morgan fingerprint density at radius 1 is 1.08 bits per heavy atom. The summed E-state index contributed by atoms with van der Waals surface area (Å²) in [6, 6.07) is 2.36. The van der Waals surface area contributed by atoms with Crippen molar-refractivity contribution < 1.29 is 49.5 Å². The molecule has 8 atom stereocenters. The Kier molecular flexibility index (Phi) is 13.1. The predicted molar refractivity (Wildman–Crippen MR) is 139 cm³/mol. The maximum absolute atomic E-state index is 13.2. The van der Waals surface area contributed by atoms with Crippen LogP contribution in [0, 0.1) is 5.92 Å². The van der Waals surface area contributed by atoms with Gasteiger partial charge in [-0.2, -0.15) is 11.8 Å². The fourth-order valence-corrected chi connectivity index (χ4v) is 4.29. The number of benzene rings is 1. The molecule has 0 bridgehead atoms. The number of hydrogen-bond donors (Lipinski definition) is 10. The summed E-state index contributed by atoms with van der Waals surface area (Å²) in [5, 5.41) is 53.6. The lowest BCUT2D eigenvalue weighted by atomic mass is 9.78. The number of amides is 2. The maximum atomic E-state index is 13.2. The number of ketones is 2. The first-order valence-electron chi connectivity index (χ1n) is 11.5. The minimum Gasteiger partial charge on any atom is -0.480 e. The summed E-state index contributed by atoms with van der Waals surface area (Å²) in [7, 11) is 0. The summed E-state index contributed by atoms with van der Waals surface area (Å²) in [6.07, 6.45) is -4.24. The van der Waals surface area contributed by atoms with Crippen molar-refractivity contribution in [1.82, 2.24) is 5.32 Å². The van der Waals surface area contributed by atoms with Gasteiger partial charge in [0.15, 0.2) is 11.6 Å². The fourth-order valence-electron chi connectivity index (χ4n) is 3.78. The van der Waals surface area contributed by atoms with Crippen molar-refractivity contribution in [3.05, 3.63) is 35.9 Å².